The molecule has 1 aliphatic carbocycles. The zero-order chi connectivity index (χ0) is 42.6. The maximum atomic E-state index is 2.87. The van der Waals surface area contributed by atoms with Crippen LogP contribution in [0.3, 0.4) is 0 Å². The molecule has 0 N–H and O–H groups in total. The lowest BCUT2D eigenvalue weighted by Crippen LogP contribution is -2.64. The molecular formula is C59H52BN3. The van der Waals surface area contributed by atoms with Crippen molar-refractivity contribution in [3.63, 3.8) is 0 Å². The Morgan fingerprint density at radius 3 is 1.75 bits per heavy atom. The van der Waals surface area contributed by atoms with Gasteiger partial charge in [-0.1, -0.05) is 159 Å². The SMILES string of the molecule is Cc1cc2c3c(c1)C1(C)CCCCC1(C)N3c1cc(N(c3ccccc3C)c3ccccc3C)cc3c1B2c1cc(-c2ccccc2)ccc1N3c1ccc(-c2ccccc2)cc1. The van der Waals surface area contributed by atoms with E-state index in [2.05, 4.69) is 225 Å². The van der Waals surface area contributed by atoms with Crippen molar-refractivity contribution in [2.75, 3.05) is 14.7 Å². The van der Waals surface area contributed by atoms with Gasteiger partial charge in [-0.3, -0.25) is 0 Å². The first-order valence-corrected chi connectivity index (χ1v) is 22.9. The van der Waals surface area contributed by atoms with Gasteiger partial charge in [-0.15, -0.1) is 0 Å². The number of fused-ring (bicyclic) bond motifs is 7. The Balaban J connectivity index is 1.20. The summed E-state index contributed by atoms with van der Waals surface area (Å²) in [4.78, 5) is 7.99. The zero-order valence-electron chi connectivity index (χ0n) is 37.0. The van der Waals surface area contributed by atoms with Crippen LogP contribution < -0.4 is 31.1 Å². The molecule has 0 radical (unpaired) electrons. The molecule has 1 fully saturated rings. The molecule has 0 bridgehead atoms. The average molecular weight is 814 g/mol. The maximum absolute atomic E-state index is 2.87. The van der Waals surface area contributed by atoms with E-state index in [1.165, 1.54) is 120 Å². The van der Waals surface area contributed by atoms with E-state index in [1.807, 2.05) is 0 Å². The fourth-order valence-electron chi connectivity index (χ4n) is 12.2. The molecule has 3 nitrogen and oxygen atoms in total. The predicted octanol–water partition coefficient (Wildman–Crippen LogP) is 13.8. The lowest BCUT2D eigenvalue weighted by molar-refractivity contribution is 0.195. The molecule has 0 saturated heterocycles. The lowest BCUT2D eigenvalue weighted by atomic mass is 9.33. The number of anilines is 8. The molecule has 2 atom stereocenters. The summed E-state index contributed by atoms with van der Waals surface area (Å²) in [6.45, 7) is 12.1. The van der Waals surface area contributed by atoms with Crippen LogP contribution in [-0.4, -0.2) is 12.3 Å². The zero-order valence-corrected chi connectivity index (χ0v) is 37.0. The molecule has 0 aromatic heterocycles. The minimum atomic E-state index is -0.0992. The Morgan fingerprint density at radius 2 is 1.08 bits per heavy atom. The van der Waals surface area contributed by atoms with Crippen LogP contribution in [0.25, 0.3) is 22.3 Å². The van der Waals surface area contributed by atoms with E-state index in [0.29, 0.717) is 0 Å². The molecule has 2 unspecified atom stereocenters. The van der Waals surface area contributed by atoms with Crippen LogP contribution in [0.1, 0.15) is 61.8 Å². The third kappa shape index (κ3) is 5.53. The molecule has 8 aromatic carbocycles. The van der Waals surface area contributed by atoms with Crippen LogP contribution >= 0.6 is 0 Å². The van der Waals surface area contributed by atoms with E-state index in [-0.39, 0.29) is 17.7 Å². The molecule has 3 aliphatic heterocycles. The smallest absolute Gasteiger partial charge is 0.252 e. The van der Waals surface area contributed by atoms with Gasteiger partial charge in [0.15, 0.2) is 0 Å². The average Bonchev–Trinajstić information content (AvgIpc) is 3.52. The van der Waals surface area contributed by atoms with E-state index in [9.17, 15) is 0 Å². The van der Waals surface area contributed by atoms with Gasteiger partial charge in [0.1, 0.15) is 0 Å². The summed E-state index contributed by atoms with van der Waals surface area (Å²) in [5, 5.41) is 0. The summed E-state index contributed by atoms with van der Waals surface area (Å²) in [5.74, 6) is 0. The molecule has 0 amide bonds. The Labute approximate surface area is 373 Å². The van der Waals surface area contributed by atoms with Crippen LogP contribution in [0.2, 0.25) is 0 Å². The second-order valence-corrected chi connectivity index (χ2v) is 19.0. The van der Waals surface area contributed by atoms with Crippen LogP contribution in [0.5, 0.6) is 0 Å². The number of nitrogens with zero attached hydrogens (tertiary/aromatic N) is 3. The van der Waals surface area contributed by atoms with Crippen molar-refractivity contribution in [2.24, 2.45) is 0 Å². The predicted molar refractivity (Wildman–Crippen MR) is 268 cm³/mol. The van der Waals surface area contributed by atoms with Crippen molar-refractivity contribution in [3.8, 4) is 22.3 Å². The van der Waals surface area contributed by atoms with Gasteiger partial charge in [0, 0.05) is 45.2 Å². The van der Waals surface area contributed by atoms with Gasteiger partial charge < -0.3 is 14.7 Å². The first-order chi connectivity index (χ1) is 30.7. The Hall–Kier alpha value is -6.78. The molecule has 63 heavy (non-hydrogen) atoms. The highest BCUT2D eigenvalue weighted by Crippen LogP contribution is 2.62. The second kappa shape index (κ2) is 14.1. The third-order valence-corrected chi connectivity index (χ3v) is 15.5. The fourth-order valence-corrected chi connectivity index (χ4v) is 12.2. The normalized spacial score (nSPS) is 19.0. The first-order valence-electron chi connectivity index (χ1n) is 22.9. The van der Waals surface area contributed by atoms with Gasteiger partial charge in [-0.2, -0.15) is 0 Å². The molecule has 3 heterocycles. The standard InChI is InChI=1S/C59H52BN3/c1-39-34-48-57-50(35-39)60-49-36-45(43-22-10-7-11-23-43)28-31-53(49)61(46-29-26-44(27-30-46)42-20-8-6-9-21-42)54-37-47(38-55(56(54)60)63(57)59(5)33-17-16-32-58(48,59)4)62(51-24-14-12-18-40(51)2)52-25-15-13-19-41(52)3/h6-15,18-31,34-38H,16-17,32-33H2,1-5H3. The molecular weight excluding hydrogens is 761 g/mol. The summed E-state index contributed by atoms with van der Waals surface area (Å²) in [7, 11) is 0. The van der Waals surface area contributed by atoms with Crippen molar-refractivity contribution >= 4 is 68.6 Å². The van der Waals surface area contributed by atoms with Gasteiger partial charge in [-0.25, -0.2) is 0 Å². The number of hydrogen-bond acceptors (Lipinski definition) is 3. The molecule has 8 aromatic rings. The highest BCUT2D eigenvalue weighted by molar-refractivity contribution is 7.00. The van der Waals surface area contributed by atoms with Crippen molar-refractivity contribution in [3.05, 3.63) is 198 Å². The number of hydrogen-bond donors (Lipinski definition) is 0. The molecule has 4 aliphatic rings. The minimum Gasteiger partial charge on any atom is -0.335 e. The third-order valence-electron chi connectivity index (χ3n) is 15.5. The monoisotopic (exact) mass is 813 g/mol. The second-order valence-electron chi connectivity index (χ2n) is 19.0. The van der Waals surface area contributed by atoms with E-state index < -0.39 is 0 Å². The van der Waals surface area contributed by atoms with Crippen LogP contribution in [0, 0.1) is 20.8 Å². The number of aryl methyl sites for hydroxylation is 3. The fraction of sp³-hybridized carbons (Fsp3) is 0.186. The quantitative estimate of drug-likeness (QED) is 0.155. The van der Waals surface area contributed by atoms with Gasteiger partial charge >= 0.3 is 0 Å². The highest BCUT2D eigenvalue weighted by Gasteiger charge is 2.61. The van der Waals surface area contributed by atoms with E-state index in [1.54, 1.807) is 0 Å². The van der Waals surface area contributed by atoms with Crippen molar-refractivity contribution in [1.82, 2.24) is 0 Å². The molecule has 1 saturated carbocycles. The van der Waals surface area contributed by atoms with Crippen molar-refractivity contribution in [1.29, 1.82) is 0 Å². The van der Waals surface area contributed by atoms with Crippen LogP contribution in [0.15, 0.2) is 176 Å². The van der Waals surface area contributed by atoms with Gasteiger partial charge in [0.25, 0.3) is 6.71 Å². The van der Waals surface area contributed by atoms with Crippen molar-refractivity contribution in [2.45, 2.75) is 71.3 Å². The summed E-state index contributed by atoms with van der Waals surface area (Å²) >= 11 is 0. The summed E-state index contributed by atoms with van der Waals surface area (Å²) < 4.78 is 0. The molecule has 4 heteroatoms. The summed E-state index contributed by atoms with van der Waals surface area (Å²) in [6.07, 6.45) is 4.83. The number of rotatable bonds is 6. The topological polar surface area (TPSA) is 9.72 Å². The minimum absolute atomic E-state index is 0.00509. The summed E-state index contributed by atoms with van der Waals surface area (Å²) in [6, 6.07) is 66.2. The van der Waals surface area contributed by atoms with E-state index >= 15 is 0 Å². The number of para-hydroxylation sites is 2. The van der Waals surface area contributed by atoms with E-state index in [0.717, 1.165) is 12.1 Å². The van der Waals surface area contributed by atoms with Crippen LogP contribution in [-0.2, 0) is 5.41 Å². The lowest BCUT2D eigenvalue weighted by Gasteiger charge is -2.53. The summed E-state index contributed by atoms with van der Waals surface area (Å²) in [5.41, 5.74) is 24.4. The van der Waals surface area contributed by atoms with Gasteiger partial charge in [-0.05, 0) is 138 Å². The molecule has 12 rings (SSSR count). The maximum Gasteiger partial charge on any atom is 0.252 e. The van der Waals surface area contributed by atoms with Crippen molar-refractivity contribution < 1.29 is 0 Å². The van der Waals surface area contributed by atoms with Crippen LogP contribution in [0.4, 0.5) is 45.5 Å². The Kier molecular flexibility index (Phi) is 8.51. The van der Waals surface area contributed by atoms with Gasteiger partial charge in [0.2, 0.25) is 0 Å². The van der Waals surface area contributed by atoms with Gasteiger partial charge in [0.05, 0.1) is 11.2 Å². The largest absolute Gasteiger partial charge is 0.335 e. The van der Waals surface area contributed by atoms with E-state index in [4.69, 9.17) is 0 Å². The molecule has 0 spiro atoms. The molecule has 306 valence electrons. The Morgan fingerprint density at radius 1 is 0.508 bits per heavy atom. The Bertz CT molecular complexity index is 3060. The number of benzene rings is 8. The highest BCUT2D eigenvalue weighted by atomic mass is 15.3. The first kappa shape index (κ1) is 37.9.